The first kappa shape index (κ1) is 18.6. The molecule has 0 unspecified atom stereocenters. The van der Waals surface area contributed by atoms with Crippen LogP contribution in [-0.2, 0) is 14.3 Å². The third-order valence-corrected chi connectivity index (χ3v) is 6.69. The van der Waals surface area contributed by atoms with Crippen molar-refractivity contribution in [1.82, 2.24) is 4.90 Å². The van der Waals surface area contributed by atoms with E-state index in [0.29, 0.717) is 5.57 Å². The molecule has 142 valence electrons. The molecule has 4 nitrogen and oxygen atoms in total. The number of β-lactam (4-membered cyclic amide) rings is 1. The normalized spacial score (nSPS) is 22.5. The summed E-state index contributed by atoms with van der Waals surface area (Å²) < 4.78 is 5.56. The highest BCUT2D eigenvalue weighted by atomic mass is 32.2. The van der Waals surface area contributed by atoms with E-state index in [1.54, 1.807) is 16.7 Å². The fraction of sp³-hybridized carbons (Fsp3) is 0.261. The Bertz CT molecular complexity index is 924. The first-order valence-corrected chi connectivity index (χ1v) is 10.0. The van der Waals surface area contributed by atoms with E-state index >= 15 is 0 Å². The van der Waals surface area contributed by atoms with Crippen LogP contribution in [0.4, 0.5) is 0 Å². The average molecular weight is 391 g/mol. The number of nitrogens with zero attached hydrogens (tertiary/aromatic N) is 1. The molecule has 2 aliphatic rings. The first-order valence-electron chi connectivity index (χ1n) is 9.15. The lowest BCUT2D eigenvalue weighted by molar-refractivity contribution is -0.160. The van der Waals surface area contributed by atoms with Crippen LogP contribution in [0.3, 0.4) is 0 Å². The molecule has 0 saturated carbocycles. The molecule has 5 heteroatoms. The fourth-order valence-corrected chi connectivity index (χ4v) is 5.35. The lowest BCUT2D eigenvalue weighted by Gasteiger charge is -2.38. The Hall–Kier alpha value is -2.75. The highest BCUT2D eigenvalue weighted by molar-refractivity contribution is 8.01. The third kappa shape index (κ3) is 2.97. The van der Waals surface area contributed by atoms with Crippen LogP contribution in [0, 0.1) is 0 Å². The quantitative estimate of drug-likeness (QED) is 0.341. The maximum Gasteiger partial charge on any atom is 0.331 e. The molecule has 2 heterocycles. The number of benzene rings is 2. The van der Waals surface area contributed by atoms with E-state index in [4.69, 9.17) is 4.74 Å². The van der Waals surface area contributed by atoms with Gasteiger partial charge in [0.25, 0.3) is 5.91 Å². The van der Waals surface area contributed by atoms with E-state index < -0.39 is 22.9 Å². The number of ether oxygens (including phenoxy) is 1. The highest BCUT2D eigenvalue weighted by Crippen LogP contribution is 2.53. The second-order valence-corrected chi connectivity index (χ2v) is 9.15. The van der Waals surface area contributed by atoms with Crippen LogP contribution in [-0.4, -0.2) is 32.9 Å². The van der Waals surface area contributed by atoms with Gasteiger partial charge in [0.15, 0.2) is 6.10 Å². The van der Waals surface area contributed by atoms with Crippen LogP contribution in [0.15, 0.2) is 78.5 Å². The zero-order valence-electron chi connectivity index (χ0n) is 15.8. The van der Waals surface area contributed by atoms with Crippen molar-refractivity contribution in [1.29, 1.82) is 0 Å². The monoisotopic (exact) mass is 391 g/mol. The molecule has 0 bridgehead atoms. The number of fused-ring (bicyclic) bond motifs is 1. The number of esters is 1. The van der Waals surface area contributed by atoms with Gasteiger partial charge in [-0.2, -0.15) is 0 Å². The van der Waals surface area contributed by atoms with E-state index in [-0.39, 0.29) is 11.3 Å². The Morgan fingerprint density at radius 2 is 1.64 bits per heavy atom. The van der Waals surface area contributed by atoms with Crippen LogP contribution < -0.4 is 0 Å². The molecule has 0 radical (unpaired) electrons. The van der Waals surface area contributed by atoms with Crippen molar-refractivity contribution in [2.24, 2.45) is 0 Å². The second kappa shape index (κ2) is 7.01. The molecule has 0 N–H and O–H groups in total. The van der Waals surface area contributed by atoms with Gasteiger partial charge in [-0.3, -0.25) is 4.79 Å². The summed E-state index contributed by atoms with van der Waals surface area (Å²) in [6, 6.07) is 18.6. The molecular weight excluding hydrogens is 370 g/mol. The maximum atomic E-state index is 13.3. The van der Waals surface area contributed by atoms with Crippen LogP contribution in [0.2, 0.25) is 0 Å². The molecule has 4 rings (SSSR count). The van der Waals surface area contributed by atoms with Crippen molar-refractivity contribution in [3.05, 3.63) is 89.7 Å². The summed E-state index contributed by atoms with van der Waals surface area (Å²) in [4.78, 5) is 27.3. The van der Waals surface area contributed by atoms with Crippen molar-refractivity contribution in [2.45, 2.75) is 36.1 Å². The molecule has 0 aromatic heterocycles. The molecule has 0 aliphatic carbocycles. The zero-order valence-corrected chi connectivity index (χ0v) is 16.6. The number of rotatable bonds is 4. The number of carbonyl (C=O) groups is 2. The number of amides is 1. The van der Waals surface area contributed by atoms with E-state index in [1.165, 1.54) is 0 Å². The van der Waals surface area contributed by atoms with Crippen LogP contribution in [0.1, 0.15) is 31.1 Å². The lowest BCUT2D eigenvalue weighted by atomic mass is 9.95. The number of thioether (sulfide) groups is 1. The molecule has 2 atom stereocenters. The minimum Gasteiger partial charge on any atom is -0.451 e. The smallest absolute Gasteiger partial charge is 0.331 e. The van der Waals surface area contributed by atoms with Crippen molar-refractivity contribution in [2.75, 3.05) is 0 Å². The van der Waals surface area contributed by atoms with Gasteiger partial charge in [0.05, 0.1) is 5.57 Å². The summed E-state index contributed by atoms with van der Waals surface area (Å²) in [5.41, 5.74) is 5.04. The van der Waals surface area contributed by atoms with Gasteiger partial charge in [-0.25, -0.2) is 4.79 Å². The van der Waals surface area contributed by atoms with Gasteiger partial charge >= 0.3 is 5.97 Å². The van der Waals surface area contributed by atoms with E-state index in [2.05, 4.69) is 12.3 Å². The van der Waals surface area contributed by atoms with Gasteiger partial charge in [-0.15, -0.1) is 17.5 Å². The van der Waals surface area contributed by atoms with Gasteiger partial charge in [0.2, 0.25) is 0 Å². The summed E-state index contributed by atoms with van der Waals surface area (Å²) in [6.45, 7) is 7.54. The Morgan fingerprint density at radius 3 is 2.14 bits per heavy atom. The molecule has 2 aromatic carbocycles. The van der Waals surface area contributed by atoms with Crippen LogP contribution >= 0.6 is 11.8 Å². The molecule has 28 heavy (non-hydrogen) atoms. The first-order chi connectivity index (χ1) is 13.4. The molecule has 2 saturated heterocycles. The molecule has 2 aromatic rings. The molecular formula is C23H21NO3S. The average Bonchev–Trinajstić information content (AvgIpc) is 2.95. The number of hydrogen-bond acceptors (Lipinski definition) is 4. The minimum atomic E-state index is -0.651. The van der Waals surface area contributed by atoms with Crippen molar-refractivity contribution < 1.29 is 14.3 Å². The SMILES string of the molecule is C=C=C1C(=O)N2[C@@H]1SC(C)(C)[C@@H]2C(=O)OC(c1ccccc1)c1ccccc1. The fourth-order valence-electron chi connectivity index (χ4n) is 3.80. The lowest BCUT2D eigenvalue weighted by Crippen LogP contribution is -2.58. The topological polar surface area (TPSA) is 46.6 Å². The minimum absolute atomic E-state index is 0.176. The summed E-state index contributed by atoms with van der Waals surface area (Å²) >= 11 is 1.57. The summed E-state index contributed by atoms with van der Waals surface area (Å²) in [6.07, 6.45) is -0.527. The van der Waals surface area contributed by atoms with Crippen molar-refractivity contribution in [3.8, 4) is 0 Å². The van der Waals surface area contributed by atoms with Gasteiger partial charge in [-0.05, 0) is 25.0 Å². The summed E-state index contributed by atoms with van der Waals surface area (Å²) in [5, 5.41) is -0.176. The zero-order chi connectivity index (χ0) is 19.9. The summed E-state index contributed by atoms with van der Waals surface area (Å²) in [5.74, 6) is -0.579. The molecule has 2 aliphatic heterocycles. The largest absolute Gasteiger partial charge is 0.451 e. The predicted molar refractivity (Wildman–Crippen MR) is 110 cm³/mol. The van der Waals surface area contributed by atoms with Crippen molar-refractivity contribution in [3.63, 3.8) is 0 Å². The summed E-state index contributed by atoms with van der Waals surface area (Å²) in [7, 11) is 0. The van der Waals surface area contributed by atoms with Gasteiger partial charge in [0.1, 0.15) is 11.4 Å². The van der Waals surface area contributed by atoms with Crippen LogP contribution in [0.25, 0.3) is 0 Å². The molecule has 0 spiro atoms. The van der Waals surface area contributed by atoms with Crippen molar-refractivity contribution >= 4 is 23.6 Å². The van der Waals surface area contributed by atoms with Gasteiger partial charge in [0, 0.05) is 4.75 Å². The number of carbonyl (C=O) groups excluding carboxylic acids is 2. The van der Waals surface area contributed by atoms with Gasteiger partial charge in [-0.1, -0.05) is 67.2 Å². The molecule has 1 amide bonds. The van der Waals surface area contributed by atoms with Crippen LogP contribution in [0.5, 0.6) is 0 Å². The third-order valence-electron chi connectivity index (χ3n) is 5.17. The Morgan fingerprint density at radius 1 is 1.11 bits per heavy atom. The Kier molecular flexibility index (Phi) is 4.66. The number of hydrogen-bond donors (Lipinski definition) is 0. The van der Waals surface area contributed by atoms with E-state index in [0.717, 1.165) is 11.1 Å². The van der Waals surface area contributed by atoms with E-state index in [9.17, 15) is 9.59 Å². The van der Waals surface area contributed by atoms with E-state index in [1.807, 2.05) is 74.5 Å². The standard InChI is InChI=1S/C23H21NO3S/c1-4-17-20(25)24-19(23(2,3)28-21(17)24)22(26)27-18(15-11-7-5-8-12-15)16-13-9-6-10-14-16/h5-14,18-19,21H,1H2,2-3H3/t19-,21+/m0/s1. The Balaban J connectivity index is 1.65. The second-order valence-electron chi connectivity index (χ2n) is 7.42. The maximum absolute atomic E-state index is 13.3. The molecule has 2 fully saturated rings. The Labute approximate surface area is 168 Å². The predicted octanol–water partition coefficient (Wildman–Crippen LogP) is 4.09. The van der Waals surface area contributed by atoms with Gasteiger partial charge < -0.3 is 9.64 Å². The highest BCUT2D eigenvalue weighted by Gasteiger charge is 2.62.